The molecular weight excluding hydrogens is 456 g/mol. The average molecular weight is 485 g/mol. The van der Waals surface area contributed by atoms with E-state index in [2.05, 4.69) is 121 Å². The molecule has 0 bridgehead atoms. The van der Waals surface area contributed by atoms with Crippen LogP contribution in [0.5, 0.6) is 0 Å². The predicted molar refractivity (Wildman–Crippen MR) is 161 cm³/mol. The van der Waals surface area contributed by atoms with Crippen molar-refractivity contribution in [3.8, 4) is 33.4 Å². The summed E-state index contributed by atoms with van der Waals surface area (Å²) in [6.07, 6.45) is 11.4. The van der Waals surface area contributed by atoms with Gasteiger partial charge in [-0.15, -0.1) is 0 Å². The Morgan fingerprint density at radius 3 is 1.76 bits per heavy atom. The van der Waals surface area contributed by atoms with Crippen LogP contribution in [0, 0.1) is 0 Å². The van der Waals surface area contributed by atoms with E-state index in [9.17, 15) is 0 Å². The summed E-state index contributed by atoms with van der Waals surface area (Å²) in [5, 5.41) is 5.60. The Kier molecular flexibility index (Phi) is 4.88. The molecule has 0 saturated heterocycles. The van der Waals surface area contributed by atoms with E-state index in [-0.39, 0.29) is 0 Å². The Bertz CT molecular complexity index is 1930. The molecule has 0 spiro atoms. The van der Waals surface area contributed by atoms with Crippen molar-refractivity contribution in [2.75, 3.05) is 0 Å². The Morgan fingerprint density at radius 2 is 1.11 bits per heavy atom. The molecule has 0 radical (unpaired) electrons. The standard InChI is InChI=1S/C38H28/c1-4-13-25(14-5-1)28-23-24-33-36-29(28)21-12-22-32(36)37-34(26-15-6-2-7-16-26)30-19-10-11-20-31(30)35(38(33)37)27-17-8-3-9-18-27/h1-4,6-13,15-22H,5,14,23-24H2. The van der Waals surface area contributed by atoms with Crippen molar-refractivity contribution in [2.24, 2.45) is 0 Å². The van der Waals surface area contributed by atoms with E-state index >= 15 is 0 Å². The summed E-state index contributed by atoms with van der Waals surface area (Å²) in [5.74, 6) is 0. The third-order valence-electron chi connectivity index (χ3n) is 8.63. The molecule has 5 aromatic carbocycles. The SMILES string of the molecule is C1=CCCC(C2=c3cccc4c3=C(CC2)c2c-4c(-c3ccccc3)c3ccccc3c2-c2ccccc2)=C1. The Morgan fingerprint density at radius 1 is 0.474 bits per heavy atom. The van der Waals surface area contributed by atoms with Crippen LogP contribution in [-0.2, 0) is 0 Å². The first-order valence-electron chi connectivity index (χ1n) is 13.8. The summed E-state index contributed by atoms with van der Waals surface area (Å²) in [4.78, 5) is 0. The van der Waals surface area contributed by atoms with Gasteiger partial charge in [-0.25, -0.2) is 0 Å². The fourth-order valence-electron chi connectivity index (χ4n) is 7.10. The number of hydrogen-bond acceptors (Lipinski definition) is 0. The van der Waals surface area contributed by atoms with Gasteiger partial charge in [0.2, 0.25) is 0 Å². The van der Waals surface area contributed by atoms with E-state index in [1.165, 1.54) is 71.3 Å². The van der Waals surface area contributed by atoms with Crippen molar-refractivity contribution in [2.45, 2.75) is 25.7 Å². The van der Waals surface area contributed by atoms with Crippen LogP contribution >= 0.6 is 0 Å². The molecule has 0 amide bonds. The Labute approximate surface area is 223 Å². The van der Waals surface area contributed by atoms with E-state index in [0.717, 1.165) is 25.7 Å². The summed E-state index contributed by atoms with van der Waals surface area (Å²) in [5.41, 5.74) is 14.2. The molecular formula is C38H28. The van der Waals surface area contributed by atoms with Gasteiger partial charge in [-0.3, -0.25) is 0 Å². The molecule has 0 heterocycles. The first kappa shape index (κ1) is 21.6. The van der Waals surface area contributed by atoms with Crippen molar-refractivity contribution < 1.29 is 0 Å². The number of rotatable bonds is 3. The molecule has 38 heavy (non-hydrogen) atoms. The maximum atomic E-state index is 2.38. The minimum absolute atomic E-state index is 1.08. The molecule has 8 rings (SSSR count). The third-order valence-corrected chi connectivity index (χ3v) is 8.63. The Hall–Kier alpha value is -4.42. The maximum Gasteiger partial charge on any atom is -0.00108 e. The second kappa shape index (κ2) is 8.57. The predicted octanol–water partition coefficient (Wildman–Crippen LogP) is 8.57. The zero-order valence-corrected chi connectivity index (χ0v) is 21.4. The molecule has 0 nitrogen and oxygen atoms in total. The largest absolute Gasteiger partial charge is 0.0842 e. The first-order chi connectivity index (χ1) is 18.9. The molecule has 0 saturated carbocycles. The molecule has 5 aromatic rings. The number of allylic oxidation sites excluding steroid dienone is 4. The molecule has 0 atom stereocenters. The zero-order valence-electron chi connectivity index (χ0n) is 21.4. The molecule has 0 aromatic heterocycles. The molecule has 3 aliphatic carbocycles. The lowest BCUT2D eigenvalue weighted by atomic mass is 9.81. The summed E-state index contributed by atoms with van der Waals surface area (Å²) >= 11 is 0. The minimum Gasteiger partial charge on any atom is -0.0842 e. The van der Waals surface area contributed by atoms with Gasteiger partial charge in [-0.1, -0.05) is 121 Å². The average Bonchev–Trinajstić information content (AvgIpc) is 3.32. The van der Waals surface area contributed by atoms with Crippen LogP contribution in [0.15, 0.2) is 127 Å². The second-order valence-electron chi connectivity index (χ2n) is 10.6. The number of benzene rings is 5. The molecule has 0 heteroatoms. The molecule has 3 aliphatic rings. The lowest BCUT2D eigenvalue weighted by molar-refractivity contribution is 0.953. The van der Waals surface area contributed by atoms with Gasteiger partial charge in [-0.2, -0.15) is 0 Å². The van der Waals surface area contributed by atoms with Crippen LogP contribution in [0.4, 0.5) is 0 Å². The summed E-state index contributed by atoms with van der Waals surface area (Å²) < 4.78 is 0. The van der Waals surface area contributed by atoms with Gasteiger partial charge in [0.05, 0.1) is 0 Å². The van der Waals surface area contributed by atoms with E-state index in [0.29, 0.717) is 0 Å². The highest BCUT2D eigenvalue weighted by molar-refractivity contribution is 6.18. The smallest absolute Gasteiger partial charge is 0.00108 e. The highest BCUT2D eigenvalue weighted by Gasteiger charge is 2.32. The minimum atomic E-state index is 1.08. The van der Waals surface area contributed by atoms with Crippen LogP contribution in [0.2, 0.25) is 0 Å². The van der Waals surface area contributed by atoms with Crippen molar-refractivity contribution in [3.05, 3.63) is 143 Å². The molecule has 180 valence electrons. The van der Waals surface area contributed by atoms with Gasteiger partial charge in [0.1, 0.15) is 0 Å². The highest BCUT2D eigenvalue weighted by Crippen LogP contribution is 2.51. The molecule has 0 fully saturated rings. The van der Waals surface area contributed by atoms with E-state index in [1.54, 1.807) is 5.57 Å². The zero-order chi connectivity index (χ0) is 25.1. The van der Waals surface area contributed by atoms with E-state index in [1.807, 2.05) is 0 Å². The van der Waals surface area contributed by atoms with Crippen LogP contribution in [0.25, 0.3) is 55.3 Å². The molecule has 0 unspecified atom stereocenters. The maximum absolute atomic E-state index is 2.38. The van der Waals surface area contributed by atoms with Crippen molar-refractivity contribution in [3.63, 3.8) is 0 Å². The fourth-order valence-corrected chi connectivity index (χ4v) is 7.10. The van der Waals surface area contributed by atoms with Crippen LogP contribution < -0.4 is 10.4 Å². The lowest BCUT2D eigenvalue weighted by Crippen LogP contribution is -2.32. The van der Waals surface area contributed by atoms with Gasteiger partial charge in [0.15, 0.2) is 0 Å². The normalized spacial score (nSPS) is 15.4. The van der Waals surface area contributed by atoms with Crippen molar-refractivity contribution >= 4 is 21.9 Å². The lowest BCUT2D eigenvalue weighted by Gasteiger charge is -2.22. The summed E-state index contributed by atoms with van der Waals surface area (Å²) in [6.45, 7) is 0. The highest BCUT2D eigenvalue weighted by atomic mass is 14.3. The van der Waals surface area contributed by atoms with Crippen LogP contribution in [0.1, 0.15) is 31.2 Å². The van der Waals surface area contributed by atoms with Gasteiger partial charge in [0.25, 0.3) is 0 Å². The van der Waals surface area contributed by atoms with E-state index < -0.39 is 0 Å². The van der Waals surface area contributed by atoms with Crippen LogP contribution in [0.3, 0.4) is 0 Å². The second-order valence-corrected chi connectivity index (χ2v) is 10.6. The summed E-state index contributed by atoms with van der Waals surface area (Å²) in [6, 6.07) is 38.2. The van der Waals surface area contributed by atoms with Crippen LogP contribution in [-0.4, -0.2) is 0 Å². The van der Waals surface area contributed by atoms with Crippen molar-refractivity contribution in [1.29, 1.82) is 0 Å². The topological polar surface area (TPSA) is 0 Å². The van der Waals surface area contributed by atoms with Gasteiger partial charge >= 0.3 is 0 Å². The van der Waals surface area contributed by atoms with Crippen molar-refractivity contribution in [1.82, 2.24) is 0 Å². The van der Waals surface area contributed by atoms with Gasteiger partial charge < -0.3 is 0 Å². The Balaban J connectivity index is 1.59. The van der Waals surface area contributed by atoms with Gasteiger partial charge in [-0.05, 0) is 103 Å². The molecule has 0 aliphatic heterocycles. The van der Waals surface area contributed by atoms with E-state index in [4.69, 9.17) is 0 Å². The quantitative estimate of drug-likeness (QED) is 0.241. The number of fused-ring (bicyclic) bond motifs is 4. The fraction of sp³-hybridized carbons (Fsp3) is 0.105. The van der Waals surface area contributed by atoms with Gasteiger partial charge in [0, 0.05) is 0 Å². The number of hydrogen-bond donors (Lipinski definition) is 0. The first-order valence-corrected chi connectivity index (χ1v) is 13.8. The summed E-state index contributed by atoms with van der Waals surface area (Å²) in [7, 11) is 0. The third kappa shape index (κ3) is 3.10. The monoisotopic (exact) mass is 484 g/mol. The molecule has 0 N–H and O–H groups in total.